The Morgan fingerprint density at radius 3 is 2.20 bits per heavy atom. The van der Waals surface area contributed by atoms with Crippen molar-refractivity contribution in [2.24, 2.45) is 0 Å². The Morgan fingerprint density at radius 2 is 1.60 bits per heavy atom. The van der Waals surface area contributed by atoms with E-state index in [1.165, 1.54) is 0 Å². The number of likely N-dealkylation sites (N-methyl/N-ethyl adjacent to an activating group) is 1. The molecule has 0 unspecified atom stereocenters. The van der Waals surface area contributed by atoms with Crippen LogP contribution in [0.2, 0.25) is 0 Å². The first kappa shape index (κ1) is 19.3. The molecule has 0 spiro atoms. The third-order valence-corrected chi connectivity index (χ3v) is 2.54. The van der Waals surface area contributed by atoms with E-state index in [0.717, 1.165) is 13.0 Å². The molecule has 0 bridgehead atoms. The Morgan fingerprint density at radius 1 is 1.00 bits per heavy atom. The van der Waals surface area contributed by atoms with Crippen LogP contribution in [0.5, 0.6) is 0 Å². The molecule has 0 saturated heterocycles. The van der Waals surface area contributed by atoms with Gasteiger partial charge in [-0.3, -0.25) is 9.69 Å². The second kappa shape index (κ2) is 14.7. The van der Waals surface area contributed by atoms with Gasteiger partial charge in [0.15, 0.2) is 0 Å². The van der Waals surface area contributed by atoms with Gasteiger partial charge in [-0.25, -0.2) is 0 Å². The fraction of sp³-hybridized carbons (Fsp3) is 0.929. The lowest BCUT2D eigenvalue weighted by molar-refractivity contribution is -0.122. The molecule has 0 atom stereocenters. The Balaban J connectivity index is 3.21. The summed E-state index contributed by atoms with van der Waals surface area (Å²) in [7, 11) is 1.94. The maximum absolute atomic E-state index is 11.5. The van der Waals surface area contributed by atoms with Crippen LogP contribution in [0.15, 0.2) is 0 Å². The molecule has 0 rings (SSSR count). The van der Waals surface area contributed by atoms with E-state index < -0.39 is 0 Å². The molecule has 0 aromatic rings. The number of nitrogens with zero attached hydrogens (tertiary/aromatic N) is 1. The average molecular weight is 290 g/mol. The predicted octanol–water partition coefficient (Wildman–Crippen LogP) is 0.514. The molecule has 0 fully saturated rings. The number of carbonyl (C=O) groups is 1. The SMILES string of the molecule is CCCN(C)CC(=O)NCCOCCOCCOCC. The highest BCUT2D eigenvalue weighted by Crippen LogP contribution is 1.85. The first-order valence-corrected chi connectivity index (χ1v) is 7.39. The molecular formula is C14H30N2O4. The molecule has 0 radical (unpaired) electrons. The first-order valence-electron chi connectivity index (χ1n) is 7.39. The van der Waals surface area contributed by atoms with Gasteiger partial charge < -0.3 is 19.5 Å². The summed E-state index contributed by atoms with van der Waals surface area (Å²) >= 11 is 0. The number of ether oxygens (including phenoxy) is 3. The lowest BCUT2D eigenvalue weighted by Crippen LogP contribution is -2.37. The predicted molar refractivity (Wildman–Crippen MR) is 78.9 cm³/mol. The van der Waals surface area contributed by atoms with Crippen molar-refractivity contribution in [2.75, 3.05) is 66.3 Å². The van der Waals surface area contributed by atoms with E-state index in [9.17, 15) is 4.79 Å². The van der Waals surface area contributed by atoms with Crippen molar-refractivity contribution >= 4 is 5.91 Å². The first-order chi connectivity index (χ1) is 9.70. The Bertz CT molecular complexity index is 227. The van der Waals surface area contributed by atoms with Crippen LogP contribution in [0.1, 0.15) is 20.3 Å². The van der Waals surface area contributed by atoms with Gasteiger partial charge in [0.05, 0.1) is 39.6 Å². The highest BCUT2D eigenvalue weighted by atomic mass is 16.5. The van der Waals surface area contributed by atoms with Gasteiger partial charge in [-0.2, -0.15) is 0 Å². The largest absolute Gasteiger partial charge is 0.379 e. The fourth-order valence-corrected chi connectivity index (χ4v) is 1.61. The van der Waals surface area contributed by atoms with Crippen molar-refractivity contribution in [1.82, 2.24) is 10.2 Å². The molecule has 120 valence electrons. The molecule has 6 heteroatoms. The molecule has 0 saturated carbocycles. The van der Waals surface area contributed by atoms with Gasteiger partial charge in [-0.1, -0.05) is 6.92 Å². The normalized spacial score (nSPS) is 11.0. The van der Waals surface area contributed by atoms with E-state index in [0.29, 0.717) is 52.7 Å². The molecule has 0 aliphatic rings. The number of hydrogen-bond donors (Lipinski definition) is 1. The molecule has 1 amide bonds. The maximum Gasteiger partial charge on any atom is 0.234 e. The average Bonchev–Trinajstić information content (AvgIpc) is 2.41. The summed E-state index contributed by atoms with van der Waals surface area (Å²) in [6.07, 6.45) is 1.05. The summed E-state index contributed by atoms with van der Waals surface area (Å²) in [5.41, 5.74) is 0. The zero-order chi connectivity index (χ0) is 15.1. The van der Waals surface area contributed by atoms with Gasteiger partial charge in [0, 0.05) is 13.2 Å². The summed E-state index contributed by atoms with van der Waals surface area (Å²) in [6.45, 7) is 9.50. The number of hydrogen-bond acceptors (Lipinski definition) is 5. The van der Waals surface area contributed by atoms with Gasteiger partial charge >= 0.3 is 0 Å². The van der Waals surface area contributed by atoms with Crippen LogP contribution in [0, 0.1) is 0 Å². The molecule has 0 aliphatic heterocycles. The summed E-state index contributed by atoms with van der Waals surface area (Å²) in [4.78, 5) is 13.5. The standard InChI is InChI=1S/C14H30N2O4/c1-4-7-16(3)13-14(17)15-6-8-19-11-12-20-10-9-18-5-2/h4-13H2,1-3H3,(H,15,17). The van der Waals surface area contributed by atoms with Crippen LogP contribution < -0.4 is 5.32 Å². The summed E-state index contributed by atoms with van der Waals surface area (Å²) in [5, 5.41) is 2.82. The minimum absolute atomic E-state index is 0.0394. The maximum atomic E-state index is 11.5. The minimum atomic E-state index is 0.0394. The molecule has 0 aliphatic carbocycles. The molecule has 0 aromatic heterocycles. The van der Waals surface area contributed by atoms with Gasteiger partial charge in [0.1, 0.15) is 0 Å². The van der Waals surface area contributed by atoms with Crippen LogP contribution >= 0.6 is 0 Å². The van der Waals surface area contributed by atoms with E-state index in [-0.39, 0.29) is 5.91 Å². The molecule has 0 aromatic carbocycles. The van der Waals surface area contributed by atoms with E-state index >= 15 is 0 Å². The number of amides is 1. The van der Waals surface area contributed by atoms with Crippen LogP contribution in [0.3, 0.4) is 0 Å². The Kier molecular flexibility index (Phi) is 14.2. The zero-order valence-corrected chi connectivity index (χ0v) is 13.2. The fourth-order valence-electron chi connectivity index (χ4n) is 1.61. The van der Waals surface area contributed by atoms with Crippen LogP contribution in [0.4, 0.5) is 0 Å². The lowest BCUT2D eigenvalue weighted by atomic mass is 10.4. The van der Waals surface area contributed by atoms with Gasteiger partial charge in [0.2, 0.25) is 5.91 Å². The van der Waals surface area contributed by atoms with Crippen molar-refractivity contribution < 1.29 is 19.0 Å². The molecule has 6 nitrogen and oxygen atoms in total. The summed E-state index contributed by atoms with van der Waals surface area (Å²) in [5.74, 6) is 0.0394. The second-order valence-corrected chi connectivity index (χ2v) is 4.51. The minimum Gasteiger partial charge on any atom is -0.379 e. The van der Waals surface area contributed by atoms with E-state index in [1.54, 1.807) is 0 Å². The molecule has 0 heterocycles. The molecule has 20 heavy (non-hydrogen) atoms. The highest BCUT2D eigenvalue weighted by molar-refractivity contribution is 5.77. The van der Waals surface area contributed by atoms with Crippen molar-refractivity contribution in [3.8, 4) is 0 Å². The lowest BCUT2D eigenvalue weighted by Gasteiger charge is -2.14. The molecular weight excluding hydrogens is 260 g/mol. The molecule has 1 N–H and O–H groups in total. The van der Waals surface area contributed by atoms with Crippen molar-refractivity contribution in [3.63, 3.8) is 0 Å². The zero-order valence-electron chi connectivity index (χ0n) is 13.2. The van der Waals surface area contributed by atoms with Crippen molar-refractivity contribution in [1.29, 1.82) is 0 Å². The third kappa shape index (κ3) is 13.7. The van der Waals surface area contributed by atoms with Crippen LogP contribution in [0.25, 0.3) is 0 Å². The smallest absolute Gasteiger partial charge is 0.234 e. The topological polar surface area (TPSA) is 60.0 Å². The Labute approximate surface area is 122 Å². The summed E-state index contributed by atoms with van der Waals surface area (Å²) in [6, 6.07) is 0. The van der Waals surface area contributed by atoms with E-state index in [4.69, 9.17) is 14.2 Å². The quantitative estimate of drug-likeness (QED) is 0.473. The van der Waals surface area contributed by atoms with Crippen molar-refractivity contribution in [3.05, 3.63) is 0 Å². The van der Waals surface area contributed by atoms with Gasteiger partial charge in [-0.05, 0) is 26.9 Å². The van der Waals surface area contributed by atoms with Crippen molar-refractivity contribution in [2.45, 2.75) is 20.3 Å². The van der Waals surface area contributed by atoms with Crippen LogP contribution in [-0.2, 0) is 19.0 Å². The number of rotatable bonds is 14. The number of nitrogens with one attached hydrogen (secondary N) is 1. The van der Waals surface area contributed by atoms with Gasteiger partial charge in [-0.15, -0.1) is 0 Å². The third-order valence-electron chi connectivity index (χ3n) is 2.54. The Hall–Kier alpha value is -0.690. The van der Waals surface area contributed by atoms with E-state index in [1.807, 2.05) is 18.9 Å². The monoisotopic (exact) mass is 290 g/mol. The highest BCUT2D eigenvalue weighted by Gasteiger charge is 2.04. The summed E-state index contributed by atoms with van der Waals surface area (Å²) < 4.78 is 15.8. The second-order valence-electron chi connectivity index (χ2n) is 4.51. The van der Waals surface area contributed by atoms with Crippen LogP contribution in [-0.4, -0.2) is 77.1 Å². The van der Waals surface area contributed by atoms with Gasteiger partial charge in [0.25, 0.3) is 0 Å². The van der Waals surface area contributed by atoms with E-state index in [2.05, 4.69) is 12.2 Å². The number of carbonyl (C=O) groups excluding carboxylic acids is 1.